The number of hydrogen-bond donors (Lipinski definition) is 1. The van der Waals surface area contributed by atoms with Crippen molar-refractivity contribution in [1.29, 1.82) is 0 Å². The van der Waals surface area contributed by atoms with Gasteiger partial charge in [-0.25, -0.2) is 4.98 Å². The first-order valence-electron chi connectivity index (χ1n) is 5.24. The number of aromatic nitrogens is 1. The summed E-state index contributed by atoms with van der Waals surface area (Å²) >= 11 is 3.11. The predicted octanol–water partition coefficient (Wildman–Crippen LogP) is 2.12. The highest BCUT2D eigenvalue weighted by atomic mass is 79.9. The zero-order chi connectivity index (χ0) is 13.5. The SMILES string of the molecule is CCOC(=O)CCNc1ncc(Br)cc1[N+](=O)[O-]. The van der Waals surface area contributed by atoms with Crippen LogP contribution in [0.5, 0.6) is 0 Å². The lowest BCUT2D eigenvalue weighted by atomic mass is 10.3. The molecule has 0 atom stereocenters. The molecule has 0 bridgehead atoms. The molecule has 1 aromatic rings. The topological polar surface area (TPSA) is 94.4 Å². The van der Waals surface area contributed by atoms with Crippen molar-refractivity contribution in [2.75, 3.05) is 18.5 Å². The van der Waals surface area contributed by atoms with Gasteiger partial charge in [-0.1, -0.05) is 0 Å². The lowest BCUT2D eigenvalue weighted by molar-refractivity contribution is -0.384. The highest BCUT2D eigenvalue weighted by Gasteiger charge is 2.15. The molecule has 0 aliphatic heterocycles. The number of anilines is 1. The Morgan fingerprint density at radius 2 is 2.39 bits per heavy atom. The third-order valence-electron chi connectivity index (χ3n) is 1.96. The first kappa shape index (κ1) is 14.4. The maximum absolute atomic E-state index is 11.1. The molecule has 0 saturated heterocycles. The van der Waals surface area contributed by atoms with Crippen LogP contribution in [0.1, 0.15) is 13.3 Å². The van der Waals surface area contributed by atoms with E-state index in [1.54, 1.807) is 6.92 Å². The van der Waals surface area contributed by atoms with E-state index in [0.29, 0.717) is 11.1 Å². The lowest BCUT2D eigenvalue weighted by Gasteiger charge is -2.06. The number of pyridine rings is 1. The third kappa shape index (κ3) is 4.28. The fourth-order valence-corrected chi connectivity index (χ4v) is 1.54. The van der Waals surface area contributed by atoms with E-state index in [1.807, 2.05) is 0 Å². The molecule has 0 radical (unpaired) electrons. The molecular weight excluding hydrogens is 306 g/mol. The van der Waals surface area contributed by atoms with Gasteiger partial charge in [0.2, 0.25) is 5.82 Å². The van der Waals surface area contributed by atoms with Crippen molar-refractivity contribution in [3.05, 3.63) is 26.9 Å². The predicted molar refractivity (Wildman–Crippen MR) is 68.3 cm³/mol. The lowest BCUT2D eigenvalue weighted by Crippen LogP contribution is -2.12. The Labute approximate surface area is 112 Å². The van der Waals surface area contributed by atoms with Gasteiger partial charge in [0.05, 0.1) is 18.0 Å². The van der Waals surface area contributed by atoms with Gasteiger partial charge in [0.25, 0.3) is 0 Å². The smallest absolute Gasteiger partial charge is 0.312 e. The molecule has 0 aromatic carbocycles. The molecule has 1 heterocycles. The van der Waals surface area contributed by atoms with Crippen molar-refractivity contribution in [2.45, 2.75) is 13.3 Å². The Morgan fingerprint density at radius 1 is 1.67 bits per heavy atom. The van der Waals surface area contributed by atoms with E-state index in [1.165, 1.54) is 12.3 Å². The summed E-state index contributed by atoms with van der Waals surface area (Å²) in [6.07, 6.45) is 1.57. The van der Waals surface area contributed by atoms with Crippen molar-refractivity contribution >= 4 is 33.4 Å². The minimum absolute atomic E-state index is 0.128. The quantitative estimate of drug-likeness (QED) is 0.490. The molecule has 1 aromatic heterocycles. The van der Waals surface area contributed by atoms with Crippen LogP contribution in [0.2, 0.25) is 0 Å². The monoisotopic (exact) mass is 317 g/mol. The molecule has 0 aliphatic carbocycles. The van der Waals surface area contributed by atoms with Gasteiger partial charge in [-0.3, -0.25) is 14.9 Å². The summed E-state index contributed by atoms with van der Waals surface area (Å²) in [5, 5.41) is 13.5. The van der Waals surface area contributed by atoms with Gasteiger partial charge in [-0.05, 0) is 22.9 Å². The van der Waals surface area contributed by atoms with Gasteiger partial charge in [-0.2, -0.15) is 0 Å². The van der Waals surface area contributed by atoms with E-state index in [0.717, 1.165) is 0 Å². The molecule has 1 N–H and O–H groups in total. The summed E-state index contributed by atoms with van der Waals surface area (Å²) in [6.45, 7) is 2.26. The third-order valence-corrected chi connectivity index (χ3v) is 2.39. The van der Waals surface area contributed by atoms with Crippen LogP contribution in [0.3, 0.4) is 0 Å². The minimum Gasteiger partial charge on any atom is -0.466 e. The number of nitrogens with zero attached hydrogens (tertiary/aromatic N) is 2. The number of carbonyl (C=O) groups excluding carboxylic acids is 1. The van der Waals surface area contributed by atoms with Crippen molar-refractivity contribution < 1.29 is 14.5 Å². The van der Waals surface area contributed by atoms with Gasteiger partial charge < -0.3 is 10.1 Å². The van der Waals surface area contributed by atoms with Crippen LogP contribution in [0.15, 0.2) is 16.7 Å². The molecule has 0 amide bonds. The van der Waals surface area contributed by atoms with Crippen molar-refractivity contribution in [1.82, 2.24) is 4.98 Å². The number of rotatable bonds is 6. The van der Waals surface area contributed by atoms with Crippen LogP contribution in [-0.2, 0) is 9.53 Å². The number of ether oxygens (including phenoxy) is 1. The van der Waals surface area contributed by atoms with Gasteiger partial charge in [0, 0.05) is 23.3 Å². The first-order chi connectivity index (χ1) is 8.54. The maximum atomic E-state index is 11.1. The fourth-order valence-electron chi connectivity index (χ4n) is 1.22. The molecular formula is C10H12BrN3O4. The number of carbonyl (C=O) groups is 1. The highest BCUT2D eigenvalue weighted by molar-refractivity contribution is 9.10. The van der Waals surface area contributed by atoms with Crippen molar-refractivity contribution in [3.63, 3.8) is 0 Å². The van der Waals surface area contributed by atoms with Crippen LogP contribution < -0.4 is 5.32 Å². The average Bonchev–Trinajstić information content (AvgIpc) is 2.31. The van der Waals surface area contributed by atoms with E-state index < -0.39 is 4.92 Å². The Hall–Kier alpha value is -1.70. The van der Waals surface area contributed by atoms with E-state index in [-0.39, 0.29) is 30.4 Å². The zero-order valence-electron chi connectivity index (χ0n) is 9.68. The Kier molecular flexibility index (Phi) is 5.50. The molecule has 7 nitrogen and oxygen atoms in total. The summed E-state index contributed by atoms with van der Waals surface area (Å²) in [4.78, 5) is 25.2. The molecule has 8 heteroatoms. The Morgan fingerprint density at radius 3 is 3.00 bits per heavy atom. The van der Waals surface area contributed by atoms with Gasteiger partial charge in [0.1, 0.15) is 0 Å². The summed E-state index contributed by atoms with van der Waals surface area (Å²) in [5.41, 5.74) is -0.145. The molecule has 0 unspecified atom stereocenters. The van der Waals surface area contributed by atoms with E-state index in [9.17, 15) is 14.9 Å². The second-order valence-corrected chi connectivity index (χ2v) is 4.18. The van der Waals surface area contributed by atoms with Gasteiger partial charge in [-0.15, -0.1) is 0 Å². The second-order valence-electron chi connectivity index (χ2n) is 3.26. The standard InChI is InChI=1S/C10H12BrN3O4/c1-2-18-9(15)3-4-12-10-8(14(16)17)5-7(11)6-13-10/h5-6H,2-4H2,1H3,(H,12,13). The van der Waals surface area contributed by atoms with E-state index in [2.05, 4.69) is 26.2 Å². The van der Waals surface area contributed by atoms with Gasteiger partial charge in [0.15, 0.2) is 0 Å². The van der Waals surface area contributed by atoms with Crippen LogP contribution in [-0.4, -0.2) is 29.0 Å². The summed E-state index contributed by atoms with van der Waals surface area (Å²) in [5.74, 6) is -0.225. The second kappa shape index (κ2) is 6.90. The zero-order valence-corrected chi connectivity index (χ0v) is 11.3. The van der Waals surface area contributed by atoms with Crippen LogP contribution in [0.25, 0.3) is 0 Å². The largest absolute Gasteiger partial charge is 0.466 e. The Balaban J connectivity index is 2.62. The molecule has 18 heavy (non-hydrogen) atoms. The van der Waals surface area contributed by atoms with E-state index >= 15 is 0 Å². The van der Waals surface area contributed by atoms with Crippen molar-refractivity contribution in [2.24, 2.45) is 0 Å². The Bertz CT molecular complexity index is 453. The van der Waals surface area contributed by atoms with Crippen molar-refractivity contribution in [3.8, 4) is 0 Å². The number of halogens is 1. The number of nitro groups is 1. The normalized spacial score (nSPS) is 9.89. The van der Waals surface area contributed by atoms with Crippen LogP contribution in [0.4, 0.5) is 11.5 Å². The molecule has 98 valence electrons. The number of hydrogen-bond acceptors (Lipinski definition) is 6. The fraction of sp³-hybridized carbons (Fsp3) is 0.400. The molecule has 0 fully saturated rings. The molecule has 1 rings (SSSR count). The summed E-state index contributed by atoms with van der Waals surface area (Å²) < 4.78 is 5.25. The highest BCUT2D eigenvalue weighted by Crippen LogP contribution is 2.25. The first-order valence-corrected chi connectivity index (χ1v) is 6.03. The summed E-state index contributed by atoms with van der Waals surface area (Å²) in [7, 11) is 0. The summed E-state index contributed by atoms with van der Waals surface area (Å²) in [6, 6.07) is 1.35. The molecule has 0 aliphatic rings. The van der Waals surface area contributed by atoms with E-state index in [4.69, 9.17) is 4.74 Å². The van der Waals surface area contributed by atoms with Crippen LogP contribution in [0, 0.1) is 10.1 Å². The number of nitrogens with one attached hydrogen (secondary N) is 1. The number of esters is 1. The maximum Gasteiger partial charge on any atom is 0.312 e. The molecule has 0 saturated carbocycles. The molecule has 0 spiro atoms. The average molecular weight is 318 g/mol. The van der Waals surface area contributed by atoms with Crippen LogP contribution >= 0.6 is 15.9 Å². The van der Waals surface area contributed by atoms with Gasteiger partial charge >= 0.3 is 11.7 Å². The minimum atomic E-state index is -0.537.